The third-order valence-electron chi connectivity index (χ3n) is 5.64. The van der Waals surface area contributed by atoms with E-state index in [0.29, 0.717) is 6.61 Å². The number of hydrogen-bond acceptors (Lipinski definition) is 6. The standard InChI is InChI=1S/C17H32O6Si/c1-16(2,3)24(7,8)19-9-10-11(20-10)12-13-14(15(18-6)21-12)23-17(4,5)22-13/h10-15H,9H2,1-8H3/t10?,11?,12-,13-,14-,15-/m1/s1. The highest BCUT2D eigenvalue weighted by Crippen LogP contribution is 2.45. The van der Waals surface area contributed by atoms with Crippen molar-refractivity contribution in [2.24, 2.45) is 0 Å². The average molecular weight is 361 g/mol. The minimum Gasteiger partial charge on any atom is -0.414 e. The Hall–Kier alpha value is -0.0231. The Balaban J connectivity index is 1.57. The number of hydrogen-bond donors (Lipinski definition) is 0. The van der Waals surface area contributed by atoms with Crippen LogP contribution in [-0.2, 0) is 28.1 Å². The summed E-state index contributed by atoms with van der Waals surface area (Å²) in [4.78, 5) is 0. The molecule has 6 atom stereocenters. The second kappa shape index (κ2) is 6.01. The van der Waals surface area contributed by atoms with Crippen molar-refractivity contribution >= 4 is 8.32 Å². The summed E-state index contributed by atoms with van der Waals surface area (Å²) in [6.45, 7) is 15.7. The molecule has 6 nitrogen and oxygen atoms in total. The molecule has 0 N–H and O–H groups in total. The predicted molar refractivity (Wildman–Crippen MR) is 91.3 cm³/mol. The van der Waals surface area contributed by atoms with Crippen LogP contribution in [0.5, 0.6) is 0 Å². The van der Waals surface area contributed by atoms with E-state index < -0.39 is 20.4 Å². The van der Waals surface area contributed by atoms with Gasteiger partial charge in [-0.1, -0.05) is 20.8 Å². The second-order valence-corrected chi connectivity index (χ2v) is 13.8. The van der Waals surface area contributed by atoms with E-state index in [9.17, 15) is 0 Å². The Bertz CT molecular complexity index is 474. The van der Waals surface area contributed by atoms with Gasteiger partial charge in [0.25, 0.3) is 0 Å². The molecule has 0 aromatic heterocycles. The van der Waals surface area contributed by atoms with E-state index in [1.165, 1.54) is 0 Å². The first-order chi connectivity index (χ1) is 11.0. The Kier molecular flexibility index (Phi) is 4.70. The van der Waals surface area contributed by atoms with Gasteiger partial charge in [-0.05, 0) is 32.0 Å². The molecule has 0 saturated carbocycles. The fourth-order valence-electron chi connectivity index (χ4n) is 3.13. The maximum atomic E-state index is 6.27. The van der Waals surface area contributed by atoms with E-state index in [1.807, 2.05) is 13.8 Å². The van der Waals surface area contributed by atoms with Crippen molar-refractivity contribution in [3.05, 3.63) is 0 Å². The molecule has 0 amide bonds. The molecule has 3 rings (SSSR count). The highest BCUT2D eigenvalue weighted by Gasteiger charge is 2.62. The zero-order valence-corrected chi connectivity index (χ0v) is 17.1. The minimum atomic E-state index is -1.77. The molecule has 0 aliphatic carbocycles. The molecule has 0 aromatic rings. The van der Waals surface area contributed by atoms with Crippen molar-refractivity contribution in [3.63, 3.8) is 0 Å². The summed E-state index contributed by atoms with van der Waals surface area (Å²) in [6, 6.07) is 0. The summed E-state index contributed by atoms with van der Waals surface area (Å²) in [5, 5.41) is 0.194. The van der Waals surface area contributed by atoms with E-state index in [0.717, 1.165) is 0 Å². The average Bonchev–Trinajstić information content (AvgIpc) is 3.04. The second-order valence-electron chi connectivity index (χ2n) is 8.98. The first kappa shape index (κ1) is 18.8. The lowest BCUT2D eigenvalue weighted by Gasteiger charge is -2.36. The lowest BCUT2D eigenvalue weighted by atomic mass is 10.1. The van der Waals surface area contributed by atoms with Crippen LogP contribution in [0.15, 0.2) is 0 Å². The predicted octanol–water partition coefficient (Wildman–Crippen LogP) is 2.67. The van der Waals surface area contributed by atoms with Crippen LogP contribution in [0.3, 0.4) is 0 Å². The van der Waals surface area contributed by atoms with Gasteiger partial charge in [0.15, 0.2) is 20.4 Å². The van der Waals surface area contributed by atoms with Crippen LogP contribution < -0.4 is 0 Å². The molecule has 2 unspecified atom stereocenters. The lowest BCUT2D eigenvalue weighted by molar-refractivity contribution is -0.228. The Morgan fingerprint density at radius 1 is 0.958 bits per heavy atom. The molecule has 0 bridgehead atoms. The van der Waals surface area contributed by atoms with E-state index in [1.54, 1.807) is 7.11 Å². The number of ether oxygens (including phenoxy) is 5. The van der Waals surface area contributed by atoms with Crippen molar-refractivity contribution in [1.29, 1.82) is 0 Å². The van der Waals surface area contributed by atoms with Crippen LogP contribution >= 0.6 is 0 Å². The first-order valence-electron chi connectivity index (χ1n) is 8.78. The molecule has 3 fully saturated rings. The van der Waals surface area contributed by atoms with E-state index in [2.05, 4.69) is 33.9 Å². The van der Waals surface area contributed by atoms with Gasteiger partial charge in [0, 0.05) is 7.11 Å². The summed E-state index contributed by atoms with van der Waals surface area (Å²) in [6.07, 6.45) is -0.899. The molecule has 0 aromatic carbocycles. The number of fused-ring (bicyclic) bond motifs is 1. The van der Waals surface area contributed by atoms with Crippen LogP contribution in [0.4, 0.5) is 0 Å². The first-order valence-corrected chi connectivity index (χ1v) is 11.7. The Morgan fingerprint density at radius 2 is 1.58 bits per heavy atom. The molecule has 7 heteroatoms. The molecular formula is C17H32O6Si. The van der Waals surface area contributed by atoms with Crippen LogP contribution in [0, 0.1) is 0 Å². The highest BCUT2D eigenvalue weighted by atomic mass is 28.4. The summed E-state index contributed by atoms with van der Waals surface area (Å²) in [7, 11) is -0.139. The molecule has 3 aliphatic heterocycles. The number of rotatable bonds is 5. The zero-order chi connectivity index (χ0) is 17.9. The fraction of sp³-hybridized carbons (Fsp3) is 1.00. The summed E-state index contributed by atoms with van der Waals surface area (Å²) in [5.74, 6) is -0.615. The summed E-state index contributed by atoms with van der Waals surface area (Å²) >= 11 is 0. The van der Waals surface area contributed by atoms with Gasteiger partial charge in [0.05, 0.1) is 6.61 Å². The molecule has 0 radical (unpaired) electrons. The Morgan fingerprint density at radius 3 is 2.17 bits per heavy atom. The maximum absolute atomic E-state index is 6.27. The van der Waals surface area contributed by atoms with Gasteiger partial charge in [0.2, 0.25) is 0 Å². The molecule has 3 saturated heterocycles. The third-order valence-corrected chi connectivity index (χ3v) is 10.1. The molecular weight excluding hydrogens is 328 g/mol. The summed E-state index contributed by atoms with van der Waals surface area (Å²) < 4.78 is 35.5. The van der Waals surface area contributed by atoms with E-state index in [4.69, 9.17) is 28.1 Å². The normalized spacial score (nSPS) is 41.5. The van der Waals surface area contributed by atoms with Crippen LogP contribution in [0.1, 0.15) is 34.6 Å². The van der Waals surface area contributed by atoms with Crippen molar-refractivity contribution in [3.8, 4) is 0 Å². The van der Waals surface area contributed by atoms with Gasteiger partial charge < -0.3 is 28.1 Å². The molecule has 24 heavy (non-hydrogen) atoms. The molecule has 0 spiro atoms. The van der Waals surface area contributed by atoms with Crippen molar-refractivity contribution < 1.29 is 28.1 Å². The fourth-order valence-corrected chi connectivity index (χ4v) is 4.15. The number of methoxy groups -OCH3 is 1. The van der Waals surface area contributed by atoms with Crippen LogP contribution in [0.25, 0.3) is 0 Å². The summed E-state index contributed by atoms with van der Waals surface area (Å²) in [5.41, 5.74) is 0. The Labute approximate surface area is 146 Å². The van der Waals surface area contributed by atoms with Crippen LogP contribution in [-0.4, -0.2) is 64.6 Å². The van der Waals surface area contributed by atoms with Gasteiger partial charge in [-0.15, -0.1) is 0 Å². The zero-order valence-electron chi connectivity index (χ0n) is 16.1. The lowest BCUT2D eigenvalue weighted by Crippen LogP contribution is -2.42. The molecule has 140 valence electrons. The van der Waals surface area contributed by atoms with Gasteiger partial charge in [-0.3, -0.25) is 0 Å². The van der Waals surface area contributed by atoms with Gasteiger partial charge in [-0.2, -0.15) is 0 Å². The highest BCUT2D eigenvalue weighted by molar-refractivity contribution is 6.74. The van der Waals surface area contributed by atoms with E-state index >= 15 is 0 Å². The topological polar surface area (TPSA) is 58.7 Å². The van der Waals surface area contributed by atoms with Crippen LogP contribution in [0.2, 0.25) is 18.1 Å². The van der Waals surface area contributed by atoms with Crippen molar-refractivity contribution in [2.75, 3.05) is 13.7 Å². The van der Waals surface area contributed by atoms with Gasteiger partial charge in [0.1, 0.15) is 30.5 Å². The van der Waals surface area contributed by atoms with Crippen molar-refractivity contribution in [2.45, 2.75) is 95.3 Å². The third kappa shape index (κ3) is 3.45. The monoisotopic (exact) mass is 360 g/mol. The van der Waals surface area contributed by atoms with Crippen molar-refractivity contribution in [1.82, 2.24) is 0 Å². The SMILES string of the molecule is CO[C@@H]1O[C@H](C2OC2CO[Si](C)(C)C(C)(C)C)[C@H]2OC(C)(C)O[C@@H]12. The van der Waals surface area contributed by atoms with Gasteiger partial charge >= 0.3 is 0 Å². The quantitative estimate of drug-likeness (QED) is 0.555. The molecule has 3 heterocycles. The van der Waals surface area contributed by atoms with E-state index in [-0.39, 0.29) is 35.6 Å². The number of epoxide rings is 1. The van der Waals surface area contributed by atoms with Gasteiger partial charge in [-0.25, -0.2) is 0 Å². The molecule has 3 aliphatic rings. The largest absolute Gasteiger partial charge is 0.414 e. The maximum Gasteiger partial charge on any atom is 0.192 e. The smallest absolute Gasteiger partial charge is 0.192 e. The minimum absolute atomic E-state index is 0.0140.